The first kappa shape index (κ1) is 12.3. The van der Waals surface area contributed by atoms with E-state index in [1.165, 1.54) is 24.3 Å². The largest absolute Gasteiger partial charge is 0.365 e. The Morgan fingerprint density at radius 1 is 1.11 bits per heavy atom. The SMILES string of the molecule is NC(=O)c1ccc2c(S(=O)(=O)O)cccc2c1[O]. The van der Waals surface area contributed by atoms with Gasteiger partial charge in [-0.25, -0.2) is 0 Å². The molecule has 0 aliphatic rings. The Bertz CT molecular complexity index is 751. The maximum absolute atomic E-state index is 11.9. The molecule has 2 aromatic carbocycles. The molecule has 2 rings (SSSR count). The van der Waals surface area contributed by atoms with Crippen LogP contribution in [0.1, 0.15) is 10.4 Å². The van der Waals surface area contributed by atoms with Crippen molar-refractivity contribution in [3.8, 4) is 5.75 Å². The predicted octanol–water partition coefficient (Wildman–Crippen LogP) is 1.33. The van der Waals surface area contributed by atoms with Crippen LogP contribution < -0.4 is 5.73 Å². The topological polar surface area (TPSA) is 117 Å². The maximum atomic E-state index is 11.9. The van der Waals surface area contributed by atoms with Crippen LogP contribution in [0.5, 0.6) is 5.75 Å². The van der Waals surface area contributed by atoms with Crippen LogP contribution in [0, 0.1) is 0 Å². The predicted molar refractivity (Wildman–Crippen MR) is 62.4 cm³/mol. The standard InChI is InChI=1S/C11H8NO5S/c12-11(14)8-5-4-6-7(10(8)13)2-1-3-9(6)18(15,16)17/h1-5H,(H2,12,14)(H,15,16,17). The number of hydrogen-bond donors (Lipinski definition) is 2. The van der Waals surface area contributed by atoms with Gasteiger partial charge in [0.15, 0.2) is 5.75 Å². The molecule has 0 saturated heterocycles. The van der Waals surface area contributed by atoms with E-state index < -0.39 is 21.8 Å². The average Bonchev–Trinajstić information content (AvgIpc) is 2.27. The molecule has 0 atom stereocenters. The van der Waals surface area contributed by atoms with Crippen LogP contribution in [0.25, 0.3) is 10.8 Å². The van der Waals surface area contributed by atoms with Crippen molar-refractivity contribution in [3.05, 3.63) is 35.9 Å². The van der Waals surface area contributed by atoms with E-state index in [1.54, 1.807) is 0 Å². The minimum absolute atomic E-state index is 0.0152. The molecule has 2 aromatic rings. The highest BCUT2D eigenvalue weighted by Gasteiger charge is 2.18. The number of hydrogen-bond acceptors (Lipinski definition) is 3. The first-order valence-electron chi connectivity index (χ1n) is 4.82. The van der Waals surface area contributed by atoms with Crippen LogP contribution in [0.15, 0.2) is 35.2 Å². The Hall–Kier alpha value is -2.12. The summed E-state index contributed by atoms with van der Waals surface area (Å²) in [5.41, 5.74) is 4.80. The summed E-state index contributed by atoms with van der Waals surface area (Å²) in [6.07, 6.45) is 0. The van der Waals surface area contributed by atoms with Crippen molar-refractivity contribution < 1.29 is 22.9 Å². The van der Waals surface area contributed by atoms with E-state index in [9.17, 15) is 18.3 Å². The molecule has 0 aliphatic carbocycles. The fourth-order valence-electron chi connectivity index (χ4n) is 1.72. The summed E-state index contributed by atoms with van der Waals surface area (Å²) in [6.45, 7) is 0. The third-order valence-corrected chi connectivity index (χ3v) is 3.43. The molecule has 1 amide bonds. The fraction of sp³-hybridized carbons (Fsp3) is 0. The molecule has 0 heterocycles. The van der Waals surface area contributed by atoms with Gasteiger partial charge in [-0.1, -0.05) is 18.2 Å². The van der Waals surface area contributed by atoms with Crippen LogP contribution in [-0.2, 0) is 15.2 Å². The van der Waals surface area contributed by atoms with Gasteiger partial charge in [-0.05, 0) is 12.1 Å². The van der Waals surface area contributed by atoms with Crippen LogP contribution in [0.4, 0.5) is 0 Å². The summed E-state index contributed by atoms with van der Waals surface area (Å²) in [4.78, 5) is 10.6. The number of carbonyl (C=O) groups excluding carboxylic acids is 1. The summed E-state index contributed by atoms with van der Waals surface area (Å²) in [7, 11) is -4.43. The Balaban J connectivity index is 2.92. The van der Waals surface area contributed by atoms with E-state index >= 15 is 0 Å². The molecule has 0 spiro atoms. The Morgan fingerprint density at radius 2 is 1.78 bits per heavy atom. The lowest BCUT2D eigenvalue weighted by Crippen LogP contribution is -2.11. The zero-order valence-electron chi connectivity index (χ0n) is 8.95. The van der Waals surface area contributed by atoms with Gasteiger partial charge >= 0.3 is 0 Å². The van der Waals surface area contributed by atoms with Gasteiger partial charge in [0, 0.05) is 10.8 Å². The third-order valence-electron chi connectivity index (χ3n) is 2.52. The van der Waals surface area contributed by atoms with Crippen molar-refractivity contribution in [2.24, 2.45) is 5.73 Å². The lowest BCUT2D eigenvalue weighted by molar-refractivity contribution is 0.0996. The number of carbonyl (C=O) groups is 1. The van der Waals surface area contributed by atoms with Crippen molar-refractivity contribution in [3.63, 3.8) is 0 Å². The number of rotatable bonds is 2. The second-order valence-corrected chi connectivity index (χ2v) is 5.02. The van der Waals surface area contributed by atoms with E-state index in [4.69, 9.17) is 10.3 Å². The third kappa shape index (κ3) is 1.89. The molecule has 0 fully saturated rings. The van der Waals surface area contributed by atoms with Gasteiger partial charge in [0.25, 0.3) is 16.0 Å². The molecular weight excluding hydrogens is 258 g/mol. The highest BCUT2D eigenvalue weighted by atomic mass is 32.2. The smallest absolute Gasteiger partial charge is 0.295 e. The molecule has 93 valence electrons. The molecule has 0 bridgehead atoms. The Labute approximate surface area is 102 Å². The molecule has 0 aliphatic heterocycles. The van der Waals surface area contributed by atoms with E-state index in [0.717, 1.165) is 6.07 Å². The van der Waals surface area contributed by atoms with Gasteiger partial charge in [0.1, 0.15) is 4.90 Å². The number of nitrogens with two attached hydrogens (primary N) is 1. The minimum Gasteiger partial charge on any atom is -0.365 e. The summed E-state index contributed by atoms with van der Waals surface area (Å²) < 4.78 is 31.3. The molecule has 6 nitrogen and oxygen atoms in total. The molecule has 0 saturated carbocycles. The van der Waals surface area contributed by atoms with Gasteiger partial charge < -0.3 is 5.73 Å². The van der Waals surface area contributed by atoms with E-state index in [1.807, 2.05) is 0 Å². The number of primary amides is 1. The first-order chi connectivity index (χ1) is 8.32. The lowest BCUT2D eigenvalue weighted by Gasteiger charge is -2.06. The normalized spacial score (nSPS) is 11.6. The van der Waals surface area contributed by atoms with Gasteiger partial charge in [0.2, 0.25) is 0 Å². The molecule has 0 unspecified atom stereocenters. The fourth-order valence-corrected chi connectivity index (χ4v) is 2.43. The quantitative estimate of drug-likeness (QED) is 0.797. The van der Waals surface area contributed by atoms with Crippen molar-refractivity contribution in [2.45, 2.75) is 4.90 Å². The monoisotopic (exact) mass is 266 g/mol. The number of amides is 1. The molecular formula is C11H8NO5S. The summed E-state index contributed by atoms with van der Waals surface area (Å²) in [5, 5.41) is 11.9. The van der Waals surface area contributed by atoms with Gasteiger partial charge in [-0.3, -0.25) is 14.5 Å². The van der Waals surface area contributed by atoms with E-state index in [2.05, 4.69) is 0 Å². The Kier molecular flexibility index (Phi) is 2.72. The second kappa shape index (κ2) is 3.97. The van der Waals surface area contributed by atoms with Crippen molar-refractivity contribution in [1.82, 2.24) is 0 Å². The lowest BCUT2D eigenvalue weighted by atomic mass is 10.1. The molecule has 0 aromatic heterocycles. The van der Waals surface area contributed by atoms with Crippen molar-refractivity contribution in [2.75, 3.05) is 0 Å². The van der Waals surface area contributed by atoms with Gasteiger partial charge in [-0.2, -0.15) is 8.42 Å². The van der Waals surface area contributed by atoms with Gasteiger partial charge in [-0.15, -0.1) is 0 Å². The molecule has 7 heteroatoms. The maximum Gasteiger partial charge on any atom is 0.295 e. The highest BCUT2D eigenvalue weighted by Crippen LogP contribution is 2.32. The Morgan fingerprint density at radius 3 is 2.33 bits per heavy atom. The minimum atomic E-state index is -4.43. The van der Waals surface area contributed by atoms with Gasteiger partial charge in [0.05, 0.1) is 5.56 Å². The summed E-state index contributed by atoms with van der Waals surface area (Å²) >= 11 is 0. The molecule has 3 N–H and O–H groups in total. The number of fused-ring (bicyclic) bond motifs is 1. The van der Waals surface area contributed by atoms with Crippen LogP contribution in [0.2, 0.25) is 0 Å². The molecule has 1 radical (unpaired) electrons. The summed E-state index contributed by atoms with van der Waals surface area (Å²) in [5.74, 6) is -1.55. The van der Waals surface area contributed by atoms with Crippen molar-refractivity contribution in [1.29, 1.82) is 0 Å². The zero-order chi connectivity index (χ0) is 13.5. The molecule has 18 heavy (non-hydrogen) atoms. The summed E-state index contributed by atoms with van der Waals surface area (Å²) in [6, 6.07) is 6.24. The number of benzene rings is 2. The van der Waals surface area contributed by atoms with Crippen LogP contribution in [0.3, 0.4) is 0 Å². The van der Waals surface area contributed by atoms with E-state index in [-0.39, 0.29) is 21.2 Å². The first-order valence-corrected chi connectivity index (χ1v) is 6.26. The zero-order valence-corrected chi connectivity index (χ0v) is 9.77. The second-order valence-electron chi connectivity index (χ2n) is 3.63. The average molecular weight is 266 g/mol. The van der Waals surface area contributed by atoms with Crippen LogP contribution in [-0.4, -0.2) is 18.9 Å². The van der Waals surface area contributed by atoms with Crippen molar-refractivity contribution >= 4 is 26.8 Å². The highest BCUT2D eigenvalue weighted by molar-refractivity contribution is 7.86. The van der Waals surface area contributed by atoms with Crippen LogP contribution >= 0.6 is 0 Å². The van der Waals surface area contributed by atoms with E-state index in [0.29, 0.717) is 0 Å².